The van der Waals surface area contributed by atoms with Crippen LogP contribution < -0.4 is 11.1 Å². The fourth-order valence-corrected chi connectivity index (χ4v) is 1.11. The van der Waals surface area contributed by atoms with Gasteiger partial charge in [-0.3, -0.25) is 0 Å². The van der Waals surface area contributed by atoms with Crippen molar-refractivity contribution in [2.24, 2.45) is 0 Å². The molecular formula is C9H11N5O. The lowest BCUT2D eigenvalue weighted by atomic mass is 10.4. The van der Waals surface area contributed by atoms with Crippen molar-refractivity contribution in [1.29, 1.82) is 0 Å². The molecular weight excluding hydrogens is 194 g/mol. The summed E-state index contributed by atoms with van der Waals surface area (Å²) in [5.74, 6) is 1.81. The number of nitrogens with one attached hydrogen (secondary N) is 1. The fourth-order valence-electron chi connectivity index (χ4n) is 1.11. The zero-order valence-electron chi connectivity index (χ0n) is 8.27. The highest BCUT2D eigenvalue weighted by atomic mass is 16.5. The topological polar surface area (TPSA) is 89.9 Å². The monoisotopic (exact) mass is 205 g/mol. The van der Waals surface area contributed by atoms with Gasteiger partial charge in [0, 0.05) is 6.07 Å². The van der Waals surface area contributed by atoms with E-state index in [0.29, 0.717) is 18.2 Å². The normalized spacial score (nSPS) is 10.2. The molecule has 0 amide bonds. The van der Waals surface area contributed by atoms with E-state index in [9.17, 15) is 0 Å². The number of anilines is 2. The van der Waals surface area contributed by atoms with Crippen LogP contribution in [0.5, 0.6) is 0 Å². The van der Waals surface area contributed by atoms with Crippen LogP contribution in [0.3, 0.4) is 0 Å². The van der Waals surface area contributed by atoms with E-state index in [1.54, 1.807) is 6.20 Å². The van der Waals surface area contributed by atoms with Gasteiger partial charge >= 0.3 is 0 Å². The molecule has 2 rings (SSSR count). The van der Waals surface area contributed by atoms with E-state index in [1.165, 1.54) is 6.20 Å². The molecule has 0 fully saturated rings. The highest BCUT2D eigenvalue weighted by Crippen LogP contribution is 2.06. The van der Waals surface area contributed by atoms with Crippen LogP contribution in [0, 0.1) is 6.92 Å². The Kier molecular flexibility index (Phi) is 2.49. The number of nitrogens with two attached hydrogens (primary N) is 1. The number of hydrogen-bond acceptors (Lipinski definition) is 6. The highest BCUT2D eigenvalue weighted by Gasteiger charge is 2.00. The maximum absolute atomic E-state index is 5.41. The zero-order chi connectivity index (χ0) is 10.7. The minimum Gasteiger partial charge on any atom is -0.382 e. The summed E-state index contributed by atoms with van der Waals surface area (Å²) in [6.45, 7) is 2.40. The first-order valence-electron chi connectivity index (χ1n) is 4.47. The summed E-state index contributed by atoms with van der Waals surface area (Å²) in [6, 6.07) is 1.86. The van der Waals surface area contributed by atoms with Gasteiger partial charge < -0.3 is 15.6 Å². The summed E-state index contributed by atoms with van der Waals surface area (Å²) < 4.78 is 5.02. The van der Waals surface area contributed by atoms with E-state index in [2.05, 4.69) is 20.4 Å². The second-order valence-electron chi connectivity index (χ2n) is 3.11. The molecule has 0 saturated carbocycles. The fraction of sp³-hybridized carbons (Fsp3) is 0.222. The Morgan fingerprint density at radius 1 is 1.40 bits per heavy atom. The number of hydrogen-bond donors (Lipinski definition) is 2. The molecule has 0 unspecified atom stereocenters. The smallest absolute Gasteiger partial charge is 0.156 e. The Bertz CT molecular complexity index is 436. The molecule has 0 aliphatic rings. The van der Waals surface area contributed by atoms with Crippen molar-refractivity contribution in [3.63, 3.8) is 0 Å². The largest absolute Gasteiger partial charge is 0.382 e. The molecule has 6 nitrogen and oxygen atoms in total. The summed E-state index contributed by atoms with van der Waals surface area (Å²) in [4.78, 5) is 7.94. The van der Waals surface area contributed by atoms with Gasteiger partial charge in [0.2, 0.25) is 0 Å². The van der Waals surface area contributed by atoms with Gasteiger partial charge in [0.15, 0.2) is 5.76 Å². The summed E-state index contributed by atoms with van der Waals surface area (Å²) >= 11 is 0. The first kappa shape index (κ1) is 9.45. The Morgan fingerprint density at radius 2 is 2.27 bits per heavy atom. The first-order valence-corrected chi connectivity index (χ1v) is 4.47. The van der Waals surface area contributed by atoms with Crippen LogP contribution in [0.25, 0.3) is 0 Å². The maximum Gasteiger partial charge on any atom is 0.156 e. The minimum absolute atomic E-state index is 0.399. The van der Waals surface area contributed by atoms with Gasteiger partial charge in [0.1, 0.15) is 11.6 Å². The van der Waals surface area contributed by atoms with Gasteiger partial charge in [0.05, 0.1) is 24.6 Å². The zero-order valence-corrected chi connectivity index (χ0v) is 8.27. The number of nitrogen functional groups attached to an aromatic ring is 1. The molecule has 0 saturated heterocycles. The minimum atomic E-state index is 0.399. The van der Waals surface area contributed by atoms with Crippen molar-refractivity contribution in [1.82, 2.24) is 15.1 Å². The molecule has 0 aromatic carbocycles. The SMILES string of the molecule is Cc1cc(CNc2cnc(N)cn2)on1. The van der Waals surface area contributed by atoms with Crippen LogP contribution in [0.15, 0.2) is 23.0 Å². The predicted molar refractivity (Wildman–Crippen MR) is 55.0 cm³/mol. The Hall–Kier alpha value is -2.11. The third kappa shape index (κ3) is 2.43. The third-order valence-electron chi connectivity index (χ3n) is 1.79. The summed E-state index contributed by atoms with van der Waals surface area (Å²) in [5.41, 5.74) is 6.26. The van der Waals surface area contributed by atoms with Crippen molar-refractivity contribution in [2.75, 3.05) is 11.1 Å². The second kappa shape index (κ2) is 3.95. The molecule has 15 heavy (non-hydrogen) atoms. The van der Waals surface area contributed by atoms with E-state index in [1.807, 2.05) is 13.0 Å². The summed E-state index contributed by atoms with van der Waals surface area (Å²) in [7, 11) is 0. The molecule has 0 spiro atoms. The van der Waals surface area contributed by atoms with E-state index < -0.39 is 0 Å². The predicted octanol–water partition coefficient (Wildman–Crippen LogP) is 0.967. The van der Waals surface area contributed by atoms with Crippen LogP contribution in [-0.4, -0.2) is 15.1 Å². The van der Waals surface area contributed by atoms with Crippen LogP contribution in [0.2, 0.25) is 0 Å². The Labute approximate surface area is 86.5 Å². The molecule has 2 aromatic heterocycles. The molecule has 3 N–H and O–H groups in total. The molecule has 0 bridgehead atoms. The lowest BCUT2D eigenvalue weighted by Gasteiger charge is -2.01. The number of rotatable bonds is 3. The molecule has 6 heteroatoms. The van der Waals surface area contributed by atoms with E-state index in [4.69, 9.17) is 10.3 Å². The van der Waals surface area contributed by atoms with Gasteiger partial charge in [-0.2, -0.15) is 0 Å². The van der Waals surface area contributed by atoms with Crippen molar-refractivity contribution in [2.45, 2.75) is 13.5 Å². The third-order valence-corrected chi connectivity index (χ3v) is 1.79. The molecule has 0 aliphatic heterocycles. The highest BCUT2D eigenvalue weighted by molar-refractivity contribution is 5.36. The van der Waals surface area contributed by atoms with Crippen LogP contribution in [0.1, 0.15) is 11.5 Å². The molecule has 2 aromatic rings. The van der Waals surface area contributed by atoms with Gasteiger partial charge in [-0.05, 0) is 6.92 Å². The van der Waals surface area contributed by atoms with Crippen LogP contribution in [0.4, 0.5) is 11.6 Å². The molecule has 0 atom stereocenters. The van der Waals surface area contributed by atoms with Crippen molar-refractivity contribution in [3.8, 4) is 0 Å². The molecule has 78 valence electrons. The van der Waals surface area contributed by atoms with E-state index in [-0.39, 0.29) is 0 Å². The lowest BCUT2D eigenvalue weighted by Crippen LogP contribution is -2.01. The standard InChI is InChI=1S/C9H11N5O/c1-6-2-7(15-14-6)3-12-9-5-11-8(10)4-13-9/h2,4-5H,3H2,1H3,(H2,10,11)(H,12,13). The summed E-state index contributed by atoms with van der Waals surface area (Å²) in [6.07, 6.45) is 3.06. The van der Waals surface area contributed by atoms with Gasteiger partial charge in [-0.1, -0.05) is 5.16 Å². The van der Waals surface area contributed by atoms with Crippen LogP contribution in [-0.2, 0) is 6.54 Å². The first-order chi connectivity index (χ1) is 7.24. The lowest BCUT2D eigenvalue weighted by molar-refractivity contribution is 0.384. The number of aromatic nitrogens is 3. The number of nitrogens with zero attached hydrogens (tertiary/aromatic N) is 3. The number of aryl methyl sites for hydroxylation is 1. The van der Waals surface area contributed by atoms with Crippen molar-refractivity contribution >= 4 is 11.6 Å². The van der Waals surface area contributed by atoms with Gasteiger partial charge in [-0.25, -0.2) is 9.97 Å². The maximum atomic E-state index is 5.41. The average Bonchev–Trinajstić information content (AvgIpc) is 2.64. The molecule has 2 heterocycles. The summed E-state index contributed by atoms with van der Waals surface area (Å²) in [5, 5.41) is 6.81. The van der Waals surface area contributed by atoms with Crippen LogP contribution >= 0.6 is 0 Å². The molecule has 0 radical (unpaired) electrons. The van der Waals surface area contributed by atoms with Crippen molar-refractivity contribution < 1.29 is 4.52 Å². The van der Waals surface area contributed by atoms with E-state index >= 15 is 0 Å². The average molecular weight is 205 g/mol. The van der Waals surface area contributed by atoms with Gasteiger partial charge in [-0.15, -0.1) is 0 Å². The Balaban J connectivity index is 1.96. The molecule has 0 aliphatic carbocycles. The quantitative estimate of drug-likeness (QED) is 0.775. The Morgan fingerprint density at radius 3 is 2.87 bits per heavy atom. The van der Waals surface area contributed by atoms with Gasteiger partial charge in [0.25, 0.3) is 0 Å². The second-order valence-corrected chi connectivity index (χ2v) is 3.11. The van der Waals surface area contributed by atoms with Crippen molar-refractivity contribution in [3.05, 3.63) is 29.9 Å². The van der Waals surface area contributed by atoms with E-state index in [0.717, 1.165) is 11.5 Å².